The Hall–Kier alpha value is -2.70. The zero-order valence-corrected chi connectivity index (χ0v) is 17.4. The zero-order chi connectivity index (χ0) is 20.1. The van der Waals surface area contributed by atoms with Crippen LogP contribution in [-0.2, 0) is 17.8 Å². The van der Waals surface area contributed by atoms with Crippen molar-refractivity contribution in [3.63, 3.8) is 0 Å². The number of carbonyl (C=O) groups excluding carboxylic acids is 1. The molecule has 0 bridgehead atoms. The van der Waals surface area contributed by atoms with Crippen molar-refractivity contribution < 1.29 is 4.79 Å². The van der Waals surface area contributed by atoms with Crippen molar-refractivity contribution in [2.45, 2.75) is 19.9 Å². The van der Waals surface area contributed by atoms with E-state index in [0.29, 0.717) is 5.13 Å². The fourth-order valence-corrected chi connectivity index (χ4v) is 4.48. The topological polar surface area (TPSA) is 48.5 Å². The Labute approximate surface area is 176 Å². The first-order valence-corrected chi connectivity index (χ1v) is 10.7. The van der Waals surface area contributed by atoms with E-state index in [1.54, 1.807) is 11.3 Å². The molecule has 0 atom stereocenters. The molecule has 29 heavy (non-hydrogen) atoms. The summed E-state index contributed by atoms with van der Waals surface area (Å²) in [4.78, 5) is 21.5. The van der Waals surface area contributed by atoms with Gasteiger partial charge in [0.2, 0.25) is 5.91 Å². The van der Waals surface area contributed by atoms with E-state index in [2.05, 4.69) is 68.6 Å². The lowest BCUT2D eigenvalue weighted by molar-refractivity contribution is -0.114. The van der Waals surface area contributed by atoms with Gasteiger partial charge in [0.15, 0.2) is 5.13 Å². The van der Waals surface area contributed by atoms with Gasteiger partial charge in [-0.3, -0.25) is 9.69 Å². The van der Waals surface area contributed by atoms with E-state index in [4.69, 9.17) is 0 Å². The molecule has 1 aromatic heterocycles. The number of benzene rings is 2. The summed E-state index contributed by atoms with van der Waals surface area (Å²) >= 11 is 1.55. The summed E-state index contributed by atoms with van der Waals surface area (Å²) in [6, 6.07) is 20.5. The molecule has 5 nitrogen and oxygen atoms in total. The molecule has 1 fully saturated rings. The monoisotopic (exact) mass is 405 g/mol. The number of hydrogen-bond donors (Lipinski definition) is 1. The maximum Gasteiger partial charge on any atom is 0.223 e. The zero-order valence-electron chi connectivity index (χ0n) is 16.6. The highest BCUT2D eigenvalue weighted by molar-refractivity contribution is 7.15. The Morgan fingerprint density at radius 1 is 1.14 bits per heavy atom. The van der Waals surface area contributed by atoms with E-state index in [9.17, 15) is 4.79 Å². The van der Waals surface area contributed by atoms with Crippen LogP contribution in [0.3, 0.4) is 0 Å². The van der Waals surface area contributed by atoms with Crippen molar-refractivity contribution in [2.75, 3.05) is 36.4 Å². The Balaban J connectivity index is 1.32. The molecule has 1 amide bonds. The summed E-state index contributed by atoms with van der Waals surface area (Å²) in [6.45, 7) is 6.37. The fraction of sp³-hybridized carbons (Fsp3) is 0.304. The Morgan fingerprint density at radius 3 is 2.69 bits per heavy atom. The van der Waals surface area contributed by atoms with Crippen molar-refractivity contribution >= 4 is 28.1 Å². The smallest absolute Gasteiger partial charge is 0.223 e. The molecule has 0 unspecified atom stereocenters. The van der Waals surface area contributed by atoms with Crippen molar-refractivity contribution in [3.05, 3.63) is 76.8 Å². The van der Waals surface area contributed by atoms with E-state index in [0.717, 1.165) is 39.1 Å². The molecule has 149 valence electrons. The molecule has 1 radical (unpaired) electrons. The minimum atomic E-state index is -0.0785. The number of amides is 1. The lowest BCUT2D eigenvalue weighted by Crippen LogP contribution is -2.45. The molecule has 1 aliphatic rings. The fourth-order valence-electron chi connectivity index (χ4n) is 3.58. The maximum atomic E-state index is 11.1. The standard InChI is InChI=1S/C23H25N4OS/c1-18(28)25-23-24-16-22(29-23)17-26-10-12-27(13-11-26)21-9-5-8-20(15-21)14-19-6-3-2-4-7-19/h2-8,15-16H,10-14,17H2,1H3,(H,24,25,28). The number of nitrogens with one attached hydrogen (secondary N) is 1. The van der Waals surface area contributed by atoms with E-state index >= 15 is 0 Å². The number of carbonyl (C=O) groups is 1. The molecule has 2 aromatic carbocycles. The van der Waals surface area contributed by atoms with Crippen LogP contribution < -0.4 is 10.2 Å². The van der Waals surface area contributed by atoms with Gasteiger partial charge in [-0.2, -0.15) is 0 Å². The van der Waals surface area contributed by atoms with Gasteiger partial charge in [0.25, 0.3) is 0 Å². The Morgan fingerprint density at radius 2 is 1.93 bits per heavy atom. The molecule has 1 saturated heterocycles. The van der Waals surface area contributed by atoms with Crippen LogP contribution in [0, 0.1) is 6.07 Å². The highest BCUT2D eigenvalue weighted by Gasteiger charge is 2.18. The van der Waals surface area contributed by atoms with E-state index < -0.39 is 0 Å². The van der Waals surface area contributed by atoms with Gasteiger partial charge in [-0.15, -0.1) is 11.3 Å². The molecule has 3 aromatic rings. The number of aromatic nitrogens is 1. The van der Waals surface area contributed by atoms with Crippen molar-refractivity contribution in [1.82, 2.24) is 9.88 Å². The predicted molar refractivity (Wildman–Crippen MR) is 118 cm³/mol. The normalized spacial score (nSPS) is 14.7. The van der Waals surface area contributed by atoms with E-state index in [-0.39, 0.29) is 5.91 Å². The molecule has 0 spiro atoms. The lowest BCUT2D eigenvalue weighted by atomic mass is 10.0. The molecule has 1 N–H and O–H groups in total. The highest BCUT2D eigenvalue weighted by atomic mass is 32.1. The van der Waals surface area contributed by atoms with Gasteiger partial charge >= 0.3 is 0 Å². The summed E-state index contributed by atoms with van der Waals surface area (Å²) in [5.74, 6) is -0.0785. The number of nitrogens with zero attached hydrogens (tertiary/aromatic N) is 3. The number of anilines is 2. The third-order valence-corrected chi connectivity index (χ3v) is 5.93. The van der Waals surface area contributed by atoms with E-state index in [1.807, 2.05) is 12.3 Å². The molecule has 0 saturated carbocycles. The van der Waals surface area contributed by atoms with Crippen LogP contribution in [0.1, 0.15) is 22.9 Å². The summed E-state index contributed by atoms with van der Waals surface area (Å²) in [7, 11) is 0. The second kappa shape index (κ2) is 9.20. The Kier molecular flexibility index (Phi) is 6.22. The van der Waals surface area contributed by atoms with Gasteiger partial charge in [-0.25, -0.2) is 4.98 Å². The largest absolute Gasteiger partial charge is 0.368 e. The number of rotatable bonds is 6. The summed E-state index contributed by atoms with van der Waals surface area (Å²) in [6.07, 6.45) is 2.81. The molecule has 2 heterocycles. The first-order valence-electron chi connectivity index (χ1n) is 9.90. The van der Waals surface area contributed by atoms with Gasteiger partial charge in [-0.1, -0.05) is 42.5 Å². The van der Waals surface area contributed by atoms with Crippen LogP contribution in [0.4, 0.5) is 10.8 Å². The molecular weight excluding hydrogens is 380 g/mol. The van der Waals surface area contributed by atoms with Gasteiger partial charge in [0.05, 0.1) is 0 Å². The van der Waals surface area contributed by atoms with Gasteiger partial charge in [-0.05, 0) is 23.6 Å². The SMILES string of the molecule is CC(=O)Nc1ncc(CN2CCN(c3[c]ccc(Cc4ccccc4)c3)CC2)s1. The van der Waals surface area contributed by atoms with Crippen molar-refractivity contribution in [2.24, 2.45) is 0 Å². The molecule has 4 rings (SSSR count). The average molecular weight is 406 g/mol. The maximum absolute atomic E-state index is 11.1. The predicted octanol–water partition coefficient (Wildman–Crippen LogP) is 3.81. The summed E-state index contributed by atoms with van der Waals surface area (Å²) in [5.41, 5.74) is 3.84. The lowest BCUT2D eigenvalue weighted by Gasteiger charge is -2.35. The minimum absolute atomic E-state index is 0.0785. The van der Waals surface area contributed by atoms with Gasteiger partial charge in [0.1, 0.15) is 0 Å². The third-order valence-electron chi connectivity index (χ3n) is 5.03. The second-order valence-corrected chi connectivity index (χ2v) is 8.44. The first-order chi connectivity index (χ1) is 14.2. The van der Waals surface area contributed by atoms with Crippen molar-refractivity contribution in [1.29, 1.82) is 0 Å². The minimum Gasteiger partial charge on any atom is -0.368 e. The van der Waals surface area contributed by atoms with Crippen LogP contribution in [0.5, 0.6) is 0 Å². The Bertz CT molecular complexity index is 948. The molecule has 1 aliphatic heterocycles. The van der Waals surface area contributed by atoms with Crippen LogP contribution in [0.25, 0.3) is 0 Å². The summed E-state index contributed by atoms with van der Waals surface area (Å²) < 4.78 is 0. The second-order valence-electron chi connectivity index (χ2n) is 7.32. The van der Waals surface area contributed by atoms with Gasteiger partial charge < -0.3 is 10.2 Å². The number of hydrogen-bond acceptors (Lipinski definition) is 5. The number of piperazine rings is 1. The highest BCUT2D eigenvalue weighted by Crippen LogP contribution is 2.23. The van der Waals surface area contributed by atoms with Crippen molar-refractivity contribution in [3.8, 4) is 0 Å². The molecule has 6 heteroatoms. The number of thiazole rings is 1. The molecule has 0 aliphatic carbocycles. The van der Waals surface area contributed by atoms with Gasteiger partial charge in [0, 0.05) is 62.5 Å². The van der Waals surface area contributed by atoms with Crippen LogP contribution in [-0.4, -0.2) is 42.0 Å². The van der Waals surface area contributed by atoms with Crippen LogP contribution in [0.15, 0.2) is 54.7 Å². The third kappa shape index (κ3) is 5.43. The van der Waals surface area contributed by atoms with Crippen LogP contribution in [0.2, 0.25) is 0 Å². The van der Waals surface area contributed by atoms with Crippen LogP contribution >= 0.6 is 11.3 Å². The average Bonchev–Trinajstić information content (AvgIpc) is 3.15. The molecular formula is C23H25N4OS. The summed E-state index contributed by atoms with van der Waals surface area (Å²) in [5, 5.41) is 3.43. The van der Waals surface area contributed by atoms with E-state index in [1.165, 1.54) is 28.6 Å². The quantitative estimate of drug-likeness (QED) is 0.677. The first kappa shape index (κ1) is 19.6.